The molecule has 0 radical (unpaired) electrons. The van der Waals surface area contributed by atoms with Crippen molar-refractivity contribution in [2.75, 3.05) is 4.72 Å². The summed E-state index contributed by atoms with van der Waals surface area (Å²) in [6, 6.07) is 12.6. The van der Waals surface area contributed by atoms with Gasteiger partial charge in [-0.15, -0.1) is 11.3 Å². The van der Waals surface area contributed by atoms with E-state index in [1.165, 1.54) is 24.4 Å². The zero-order valence-electron chi connectivity index (χ0n) is 14.5. The van der Waals surface area contributed by atoms with Crippen LogP contribution < -0.4 is 10.1 Å². The molecule has 0 saturated heterocycles. The minimum Gasteiger partial charge on any atom is -0.506 e. The first kappa shape index (κ1) is 21.5. The van der Waals surface area contributed by atoms with E-state index in [2.05, 4.69) is 47.1 Å². The van der Waals surface area contributed by atoms with Crippen molar-refractivity contribution < 1.29 is 18.3 Å². The second-order valence-electron chi connectivity index (χ2n) is 5.62. The van der Waals surface area contributed by atoms with Crippen LogP contribution in [0.4, 0.5) is 5.69 Å². The number of sulfonamides is 1. The molecule has 3 rings (SSSR count). The van der Waals surface area contributed by atoms with E-state index in [4.69, 9.17) is 0 Å². The number of halogens is 2. The lowest BCUT2D eigenvalue weighted by Crippen LogP contribution is -2.21. The van der Waals surface area contributed by atoms with Gasteiger partial charge in [0.15, 0.2) is 0 Å². The molecule has 1 aromatic heterocycles. The summed E-state index contributed by atoms with van der Waals surface area (Å²) in [5, 5.41) is 15.3. The summed E-state index contributed by atoms with van der Waals surface area (Å²) < 4.78 is 28.4. The standard InChI is InChI=1S/C18H13Br2N3O4S2/c19-13-8-11(9-14(20)17(13)24)10-21-22-18(25)12-4-1-2-5-15(12)23-29(26,27)16-6-3-7-28-16/h1-10,23-24H,(H,22,25)/b21-10-. The molecule has 0 aliphatic heterocycles. The van der Waals surface area contributed by atoms with E-state index in [0.29, 0.717) is 14.5 Å². The molecule has 3 aromatic rings. The third-order valence-electron chi connectivity index (χ3n) is 3.59. The number of amides is 1. The van der Waals surface area contributed by atoms with Crippen LogP contribution in [0.15, 0.2) is 72.2 Å². The van der Waals surface area contributed by atoms with E-state index in [1.807, 2.05) is 0 Å². The van der Waals surface area contributed by atoms with Crippen molar-refractivity contribution >= 4 is 71.0 Å². The third-order valence-corrected chi connectivity index (χ3v) is 7.57. The van der Waals surface area contributed by atoms with Crippen molar-refractivity contribution in [3.8, 4) is 5.75 Å². The van der Waals surface area contributed by atoms with E-state index in [-0.39, 0.29) is 21.2 Å². The highest BCUT2D eigenvalue weighted by molar-refractivity contribution is 9.11. The second kappa shape index (κ2) is 9.08. The molecule has 29 heavy (non-hydrogen) atoms. The van der Waals surface area contributed by atoms with Gasteiger partial charge in [-0.05, 0) is 73.1 Å². The number of phenols is 1. The van der Waals surface area contributed by atoms with Crippen LogP contribution in [0, 0.1) is 0 Å². The van der Waals surface area contributed by atoms with E-state index >= 15 is 0 Å². The molecule has 2 aromatic carbocycles. The monoisotopic (exact) mass is 557 g/mol. The molecular formula is C18H13Br2N3O4S2. The van der Waals surface area contributed by atoms with Crippen molar-refractivity contribution in [3.63, 3.8) is 0 Å². The van der Waals surface area contributed by atoms with Gasteiger partial charge >= 0.3 is 0 Å². The molecule has 0 aliphatic rings. The molecule has 0 fully saturated rings. The summed E-state index contributed by atoms with van der Waals surface area (Å²) in [5.74, 6) is -0.527. The largest absolute Gasteiger partial charge is 0.506 e. The maximum absolute atomic E-state index is 12.5. The number of carbonyl (C=O) groups excluding carboxylic acids is 1. The molecule has 1 amide bonds. The van der Waals surface area contributed by atoms with Crippen LogP contribution in [-0.2, 0) is 10.0 Å². The number of nitrogens with one attached hydrogen (secondary N) is 2. The molecule has 1 heterocycles. The van der Waals surface area contributed by atoms with Crippen molar-refractivity contribution in [1.29, 1.82) is 0 Å². The molecule has 150 valence electrons. The van der Waals surface area contributed by atoms with Crippen LogP contribution in [0.1, 0.15) is 15.9 Å². The number of hydrazone groups is 1. The Morgan fingerprint density at radius 3 is 2.45 bits per heavy atom. The Bertz CT molecular complexity index is 1160. The summed E-state index contributed by atoms with van der Waals surface area (Å²) >= 11 is 7.51. The Hall–Kier alpha value is -2.21. The summed E-state index contributed by atoms with van der Waals surface area (Å²) in [6.07, 6.45) is 1.39. The average molecular weight is 559 g/mol. The lowest BCUT2D eigenvalue weighted by molar-refractivity contribution is 0.0956. The molecule has 0 atom stereocenters. The van der Waals surface area contributed by atoms with Crippen LogP contribution in [0.25, 0.3) is 0 Å². The van der Waals surface area contributed by atoms with Crippen LogP contribution >= 0.6 is 43.2 Å². The number of phenolic OH excluding ortho intramolecular Hbond substituents is 1. The van der Waals surface area contributed by atoms with Gasteiger partial charge in [0.05, 0.1) is 26.4 Å². The Labute approximate surface area is 187 Å². The van der Waals surface area contributed by atoms with Gasteiger partial charge in [-0.3, -0.25) is 9.52 Å². The molecule has 0 saturated carbocycles. The molecule has 0 spiro atoms. The third kappa shape index (κ3) is 5.24. The van der Waals surface area contributed by atoms with Gasteiger partial charge in [-0.2, -0.15) is 5.10 Å². The Balaban J connectivity index is 1.77. The molecule has 7 nitrogen and oxygen atoms in total. The van der Waals surface area contributed by atoms with Gasteiger partial charge in [-0.1, -0.05) is 18.2 Å². The Kier molecular flexibility index (Phi) is 6.73. The van der Waals surface area contributed by atoms with Crippen LogP contribution in [-0.4, -0.2) is 25.6 Å². The molecule has 3 N–H and O–H groups in total. The number of aromatic hydroxyl groups is 1. The van der Waals surface area contributed by atoms with E-state index < -0.39 is 15.9 Å². The first-order valence-electron chi connectivity index (χ1n) is 7.94. The quantitative estimate of drug-likeness (QED) is 0.305. The normalized spacial score (nSPS) is 11.5. The second-order valence-corrected chi connectivity index (χ2v) is 10.2. The summed E-state index contributed by atoms with van der Waals surface area (Å²) in [6.45, 7) is 0. The first-order valence-corrected chi connectivity index (χ1v) is 11.9. The zero-order chi connectivity index (χ0) is 21.0. The molecule has 0 unspecified atom stereocenters. The van der Waals surface area contributed by atoms with Crippen LogP contribution in [0.5, 0.6) is 5.75 Å². The fourth-order valence-electron chi connectivity index (χ4n) is 2.27. The number of nitrogens with zero attached hydrogens (tertiary/aromatic N) is 1. The number of thiophene rings is 1. The van der Waals surface area contributed by atoms with Gasteiger partial charge in [0, 0.05) is 0 Å². The number of benzene rings is 2. The Morgan fingerprint density at radius 1 is 1.10 bits per heavy atom. The number of carbonyl (C=O) groups is 1. The SMILES string of the molecule is O=C(N/N=C\c1cc(Br)c(O)c(Br)c1)c1ccccc1NS(=O)(=O)c1cccs1. The number of hydrogen-bond donors (Lipinski definition) is 3. The smallest absolute Gasteiger partial charge is 0.273 e. The first-order chi connectivity index (χ1) is 13.8. The van der Waals surface area contributed by atoms with E-state index in [1.54, 1.807) is 35.7 Å². The predicted octanol–water partition coefficient (Wildman–Crippen LogP) is 4.54. The predicted molar refractivity (Wildman–Crippen MR) is 120 cm³/mol. The Morgan fingerprint density at radius 2 is 1.79 bits per heavy atom. The van der Waals surface area contributed by atoms with Crippen molar-refractivity contribution in [1.82, 2.24) is 5.43 Å². The molecule has 0 bridgehead atoms. The molecular weight excluding hydrogens is 546 g/mol. The van der Waals surface area contributed by atoms with Gasteiger partial charge in [-0.25, -0.2) is 13.8 Å². The highest BCUT2D eigenvalue weighted by Crippen LogP contribution is 2.32. The van der Waals surface area contributed by atoms with Gasteiger partial charge in [0.1, 0.15) is 9.96 Å². The summed E-state index contributed by atoms with van der Waals surface area (Å²) in [7, 11) is -3.79. The molecule has 11 heteroatoms. The van der Waals surface area contributed by atoms with Gasteiger partial charge < -0.3 is 5.11 Å². The highest BCUT2D eigenvalue weighted by atomic mass is 79.9. The average Bonchev–Trinajstić information content (AvgIpc) is 3.22. The maximum atomic E-state index is 12.5. The van der Waals surface area contributed by atoms with Crippen molar-refractivity contribution in [2.45, 2.75) is 4.21 Å². The number of rotatable bonds is 6. The van der Waals surface area contributed by atoms with Crippen LogP contribution in [0.3, 0.4) is 0 Å². The van der Waals surface area contributed by atoms with Crippen LogP contribution in [0.2, 0.25) is 0 Å². The topological polar surface area (TPSA) is 108 Å². The van der Waals surface area contributed by atoms with Gasteiger partial charge in [0.2, 0.25) is 0 Å². The summed E-state index contributed by atoms with van der Waals surface area (Å²) in [4.78, 5) is 12.5. The zero-order valence-corrected chi connectivity index (χ0v) is 19.3. The van der Waals surface area contributed by atoms with Gasteiger partial charge in [0.25, 0.3) is 15.9 Å². The number of anilines is 1. The van der Waals surface area contributed by atoms with E-state index in [0.717, 1.165) is 11.3 Å². The van der Waals surface area contributed by atoms with E-state index in [9.17, 15) is 18.3 Å². The number of hydrogen-bond acceptors (Lipinski definition) is 6. The molecule has 0 aliphatic carbocycles. The maximum Gasteiger partial charge on any atom is 0.273 e. The lowest BCUT2D eigenvalue weighted by Gasteiger charge is -2.10. The summed E-state index contributed by atoms with van der Waals surface area (Å²) in [5.41, 5.74) is 3.25. The fraction of sp³-hybridized carbons (Fsp3) is 0. The highest BCUT2D eigenvalue weighted by Gasteiger charge is 2.19. The van der Waals surface area contributed by atoms with Crippen molar-refractivity contribution in [2.24, 2.45) is 5.10 Å². The van der Waals surface area contributed by atoms with Crippen molar-refractivity contribution in [3.05, 3.63) is 74.0 Å². The lowest BCUT2D eigenvalue weighted by atomic mass is 10.2. The minimum atomic E-state index is -3.79. The minimum absolute atomic E-state index is 0.0538. The number of para-hydroxylation sites is 1. The fourth-order valence-corrected chi connectivity index (χ4v) is 5.56.